The van der Waals surface area contributed by atoms with E-state index in [1.807, 2.05) is 42.0 Å². The van der Waals surface area contributed by atoms with Crippen LogP contribution in [0, 0.1) is 12.7 Å². The third-order valence-electron chi connectivity index (χ3n) is 5.51. The second-order valence-corrected chi connectivity index (χ2v) is 7.64. The third kappa shape index (κ3) is 3.79. The second-order valence-electron chi connectivity index (χ2n) is 7.64. The number of methoxy groups -OCH3 is 1. The number of hydrogen-bond donors (Lipinski definition) is 0. The van der Waals surface area contributed by atoms with Crippen LogP contribution in [0.15, 0.2) is 65.7 Å². The molecule has 0 bridgehead atoms. The van der Waals surface area contributed by atoms with E-state index in [9.17, 15) is 4.39 Å². The van der Waals surface area contributed by atoms with Crippen molar-refractivity contribution in [1.82, 2.24) is 14.6 Å². The van der Waals surface area contributed by atoms with Crippen molar-refractivity contribution in [2.45, 2.75) is 6.92 Å². The SMILES string of the molecule is COc1cc(/C=C2\OCCN3C2=NCCN3c2ccc(F)cc2)ccc1-n1cnc(C)c1. The molecule has 7 nitrogen and oxygen atoms in total. The van der Waals surface area contributed by atoms with Crippen molar-refractivity contribution in [3.63, 3.8) is 0 Å². The van der Waals surface area contributed by atoms with Gasteiger partial charge in [-0.05, 0) is 55.0 Å². The number of hydrogen-bond acceptors (Lipinski definition) is 6. The Morgan fingerprint density at radius 2 is 1.94 bits per heavy atom. The van der Waals surface area contributed by atoms with Gasteiger partial charge in [-0.3, -0.25) is 15.0 Å². The van der Waals surface area contributed by atoms with Crippen LogP contribution in [-0.4, -0.2) is 53.7 Å². The van der Waals surface area contributed by atoms with Crippen LogP contribution >= 0.6 is 0 Å². The Morgan fingerprint density at radius 3 is 2.69 bits per heavy atom. The average Bonchev–Trinajstić information content (AvgIpc) is 3.25. The van der Waals surface area contributed by atoms with Crippen molar-refractivity contribution in [3.8, 4) is 11.4 Å². The molecule has 32 heavy (non-hydrogen) atoms. The number of aromatic nitrogens is 2. The molecule has 8 heteroatoms. The van der Waals surface area contributed by atoms with Crippen LogP contribution in [0.4, 0.5) is 10.1 Å². The van der Waals surface area contributed by atoms with E-state index in [-0.39, 0.29) is 5.82 Å². The van der Waals surface area contributed by atoms with Crippen molar-refractivity contribution in [3.05, 3.63) is 77.8 Å². The van der Waals surface area contributed by atoms with Crippen LogP contribution in [0.25, 0.3) is 11.8 Å². The van der Waals surface area contributed by atoms with Crippen LogP contribution < -0.4 is 9.75 Å². The average molecular weight is 433 g/mol. The second kappa shape index (κ2) is 8.37. The lowest BCUT2D eigenvalue weighted by Gasteiger charge is -2.43. The van der Waals surface area contributed by atoms with Crippen molar-refractivity contribution in [2.24, 2.45) is 4.99 Å². The van der Waals surface area contributed by atoms with Gasteiger partial charge in [-0.2, -0.15) is 0 Å². The molecule has 0 saturated carbocycles. The molecule has 5 rings (SSSR count). The van der Waals surface area contributed by atoms with Crippen LogP contribution in [0.3, 0.4) is 0 Å². The van der Waals surface area contributed by atoms with Gasteiger partial charge in [-0.1, -0.05) is 6.07 Å². The Kier molecular flexibility index (Phi) is 5.26. The van der Waals surface area contributed by atoms with Gasteiger partial charge in [0.25, 0.3) is 0 Å². The number of fused-ring (bicyclic) bond motifs is 1. The fourth-order valence-corrected chi connectivity index (χ4v) is 4.00. The molecule has 2 aliphatic heterocycles. The highest BCUT2D eigenvalue weighted by atomic mass is 19.1. The summed E-state index contributed by atoms with van der Waals surface area (Å²) >= 11 is 0. The van der Waals surface area contributed by atoms with Crippen LogP contribution in [0.1, 0.15) is 11.3 Å². The number of aryl methyl sites for hydroxylation is 1. The number of anilines is 1. The minimum atomic E-state index is -0.245. The number of ether oxygens (including phenoxy) is 2. The first-order chi connectivity index (χ1) is 15.6. The van der Waals surface area contributed by atoms with Crippen molar-refractivity contribution >= 4 is 17.6 Å². The first-order valence-electron chi connectivity index (χ1n) is 10.5. The highest BCUT2D eigenvalue weighted by molar-refractivity contribution is 6.02. The normalized spacial score (nSPS) is 17.1. The summed E-state index contributed by atoms with van der Waals surface area (Å²) in [6, 6.07) is 12.5. The van der Waals surface area contributed by atoms with E-state index in [1.165, 1.54) is 12.1 Å². The Morgan fingerprint density at radius 1 is 1.09 bits per heavy atom. The van der Waals surface area contributed by atoms with Gasteiger partial charge in [0.1, 0.15) is 18.2 Å². The van der Waals surface area contributed by atoms with Gasteiger partial charge in [0.15, 0.2) is 11.6 Å². The molecular formula is C24H24FN5O2. The quantitative estimate of drug-likeness (QED) is 0.626. The number of benzene rings is 2. The Bertz CT molecular complexity index is 1190. The lowest BCUT2D eigenvalue weighted by Crippen LogP contribution is -2.55. The number of imidazole rings is 1. The van der Waals surface area contributed by atoms with Crippen molar-refractivity contribution in [2.75, 3.05) is 38.4 Å². The number of halogens is 1. The minimum Gasteiger partial charge on any atom is -0.495 e. The van der Waals surface area contributed by atoms with E-state index >= 15 is 0 Å². The van der Waals surface area contributed by atoms with Crippen molar-refractivity contribution in [1.29, 1.82) is 0 Å². The molecule has 164 valence electrons. The maximum Gasteiger partial charge on any atom is 0.185 e. The Labute approximate surface area is 186 Å². The summed E-state index contributed by atoms with van der Waals surface area (Å²) in [4.78, 5) is 9.02. The summed E-state index contributed by atoms with van der Waals surface area (Å²) in [5, 5.41) is 4.23. The van der Waals surface area contributed by atoms with Gasteiger partial charge >= 0.3 is 0 Å². The molecule has 3 heterocycles. The van der Waals surface area contributed by atoms with E-state index in [2.05, 4.69) is 15.0 Å². The van der Waals surface area contributed by atoms with Crippen LogP contribution in [-0.2, 0) is 4.74 Å². The van der Waals surface area contributed by atoms with Crippen LogP contribution in [0.2, 0.25) is 0 Å². The molecule has 0 aliphatic carbocycles. The van der Waals surface area contributed by atoms with E-state index in [0.29, 0.717) is 25.5 Å². The number of rotatable bonds is 4. The minimum absolute atomic E-state index is 0.245. The highest BCUT2D eigenvalue weighted by Gasteiger charge is 2.30. The summed E-state index contributed by atoms with van der Waals surface area (Å²) in [7, 11) is 1.66. The summed E-state index contributed by atoms with van der Waals surface area (Å²) in [6.45, 7) is 4.53. The maximum absolute atomic E-state index is 13.4. The number of aliphatic imine (C=N–C) groups is 1. The molecule has 0 unspecified atom stereocenters. The Balaban J connectivity index is 1.45. The fourth-order valence-electron chi connectivity index (χ4n) is 4.00. The number of hydrazine groups is 1. The van der Waals surface area contributed by atoms with E-state index in [4.69, 9.17) is 14.5 Å². The molecule has 1 fully saturated rings. The molecule has 0 spiro atoms. The number of amidine groups is 1. The van der Waals surface area contributed by atoms with Gasteiger partial charge in [-0.15, -0.1) is 0 Å². The van der Waals surface area contributed by atoms with Gasteiger partial charge in [0, 0.05) is 6.20 Å². The zero-order valence-corrected chi connectivity index (χ0v) is 18.0. The lowest BCUT2D eigenvalue weighted by atomic mass is 10.1. The van der Waals surface area contributed by atoms with E-state index in [1.54, 1.807) is 25.6 Å². The van der Waals surface area contributed by atoms with Crippen molar-refractivity contribution < 1.29 is 13.9 Å². The predicted molar refractivity (Wildman–Crippen MR) is 122 cm³/mol. The largest absolute Gasteiger partial charge is 0.495 e. The zero-order chi connectivity index (χ0) is 22.1. The molecule has 0 amide bonds. The fraction of sp³-hybridized carbons (Fsp3) is 0.250. The molecule has 0 N–H and O–H groups in total. The van der Waals surface area contributed by atoms with Gasteiger partial charge in [-0.25, -0.2) is 9.37 Å². The smallest absolute Gasteiger partial charge is 0.185 e. The Hall–Kier alpha value is -3.81. The molecular weight excluding hydrogens is 409 g/mol. The summed E-state index contributed by atoms with van der Waals surface area (Å²) in [5.74, 6) is 1.98. The molecule has 0 atom stereocenters. The highest BCUT2D eigenvalue weighted by Crippen LogP contribution is 2.28. The van der Waals surface area contributed by atoms with E-state index in [0.717, 1.165) is 40.8 Å². The molecule has 3 aromatic rings. The maximum atomic E-state index is 13.4. The van der Waals surface area contributed by atoms with Gasteiger partial charge in [0.2, 0.25) is 0 Å². The first-order valence-corrected chi connectivity index (χ1v) is 10.5. The third-order valence-corrected chi connectivity index (χ3v) is 5.51. The van der Waals surface area contributed by atoms with Gasteiger partial charge in [0.05, 0.1) is 50.1 Å². The molecule has 1 aromatic heterocycles. The summed E-state index contributed by atoms with van der Waals surface area (Å²) in [5.41, 5.74) is 3.73. The first kappa shape index (κ1) is 20.1. The zero-order valence-electron chi connectivity index (χ0n) is 18.0. The lowest BCUT2D eigenvalue weighted by molar-refractivity contribution is 0.160. The predicted octanol–water partition coefficient (Wildman–Crippen LogP) is 3.84. The summed E-state index contributed by atoms with van der Waals surface area (Å²) in [6.07, 6.45) is 5.71. The van der Waals surface area contributed by atoms with Crippen LogP contribution in [0.5, 0.6) is 5.75 Å². The molecule has 2 aliphatic rings. The molecule has 0 radical (unpaired) electrons. The number of morpholine rings is 1. The molecule has 2 aromatic carbocycles. The molecule has 1 saturated heterocycles. The monoisotopic (exact) mass is 433 g/mol. The van der Waals surface area contributed by atoms with E-state index < -0.39 is 0 Å². The standard InChI is InChI=1S/C24H24FN5O2/c1-17-15-28(16-27-17)21-8-3-18(13-22(21)31-2)14-23-24-26-9-10-29(30(24)11-12-32-23)20-6-4-19(25)5-7-20/h3-8,13-16H,9-12H2,1-2H3/b23-14-. The summed E-state index contributed by atoms with van der Waals surface area (Å²) < 4.78 is 27.0. The van der Waals surface area contributed by atoms with Gasteiger partial charge < -0.3 is 14.0 Å². The topological polar surface area (TPSA) is 55.1 Å². The number of nitrogens with zero attached hydrogens (tertiary/aromatic N) is 5.